The average molecular weight is 357 g/mol. The first-order valence-electron chi connectivity index (χ1n) is 10.1. The molecule has 26 heavy (non-hydrogen) atoms. The normalized spacial score (nSPS) is 32.5. The van der Waals surface area contributed by atoms with Gasteiger partial charge in [0.25, 0.3) is 0 Å². The molecule has 1 amide bonds. The lowest BCUT2D eigenvalue weighted by Crippen LogP contribution is -2.50. The Morgan fingerprint density at radius 2 is 1.92 bits per heavy atom. The van der Waals surface area contributed by atoms with E-state index in [9.17, 15) is 9.90 Å². The van der Waals surface area contributed by atoms with Crippen molar-refractivity contribution in [2.45, 2.75) is 64.0 Å². The molecule has 1 spiro atoms. The number of hydrogen-bond donors (Lipinski definition) is 2. The largest absolute Gasteiger partial charge is 0.399 e. The number of anilines is 2. The van der Waals surface area contributed by atoms with Crippen molar-refractivity contribution in [1.29, 1.82) is 0 Å². The predicted octanol–water partition coefficient (Wildman–Crippen LogP) is 2.70. The number of aliphatic hydroxyl groups excluding tert-OH is 1. The quantitative estimate of drug-likeness (QED) is 0.799. The highest BCUT2D eigenvalue weighted by Crippen LogP contribution is 2.43. The molecule has 0 radical (unpaired) electrons. The predicted molar refractivity (Wildman–Crippen MR) is 104 cm³/mol. The maximum atomic E-state index is 13.4. The minimum absolute atomic E-state index is 0.170. The van der Waals surface area contributed by atoms with Crippen LogP contribution in [0, 0.1) is 12.3 Å². The number of hydrogen-bond acceptors (Lipinski definition) is 4. The van der Waals surface area contributed by atoms with Crippen molar-refractivity contribution < 1.29 is 9.90 Å². The molecule has 1 atom stereocenters. The average Bonchev–Trinajstić information content (AvgIpc) is 2.94. The molecule has 1 aliphatic carbocycles. The van der Waals surface area contributed by atoms with Crippen molar-refractivity contribution in [3.05, 3.63) is 23.8 Å². The number of rotatable bonds is 2. The van der Waals surface area contributed by atoms with Crippen LogP contribution in [0.5, 0.6) is 0 Å². The van der Waals surface area contributed by atoms with Gasteiger partial charge in [0.2, 0.25) is 5.91 Å². The number of aryl methyl sites for hydroxylation is 1. The number of nitrogen functional groups attached to an aromatic ring is 1. The van der Waals surface area contributed by atoms with Gasteiger partial charge in [0, 0.05) is 37.1 Å². The number of benzene rings is 1. The summed E-state index contributed by atoms with van der Waals surface area (Å²) in [7, 11) is 0. The van der Waals surface area contributed by atoms with E-state index in [0.717, 1.165) is 75.8 Å². The number of aliphatic hydroxyl groups is 1. The molecule has 2 heterocycles. The Morgan fingerprint density at radius 1 is 1.15 bits per heavy atom. The zero-order valence-electron chi connectivity index (χ0n) is 15.8. The monoisotopic (exact) mass is 357 g/mol. The van der Waals surface area contributed by atoms with Gasteiger partial charge >= 0.3 is 0 Å². The summed E-state index contributed by atoms with van der Waals surface area (Å²) in [6, 6.07) is 6.54. The lowest BCUT2D eigenvalue weighted by atomic mass is 9.78. The Bertz CT molecular complexity index is 684. The van der Waals surface area contributed by atoms with Gasteiger partial charge in [0.1, 0.15) is 0 Å². The lowest BCUT2D eigenvalue weighted by molar-refractivity contribution is -0.139. The number of likely N-dealkylation sites (tertiary alicyclic amines) is 1. The molecule has 5 nitrogen and oxygen atoms in total. The smallest absolute Gasteiger partial charge is 0.230 e. The summed E-state index contributed by atoms with van der Waals surface area (Å²) in [6.07, 6.45) is 6.42. The summed E-state index contributed by atoms with van der Waals surface area (Å²) in [4.78, 5) is 17.9. The van der Waals surface area contributed by atoms with Crippen molar-refractivity contribution in [3.8, 4) is 0 Å². The van der Waals surface area contributed by atoms with Crippen molar-refractivity contribution in [2.75, 3.05) is 30.3 Å². The van der Waals surface area contributed by atoms with E-state index < -0.39 is 0 Å². The van der Waals surface area contributed by atoms with Crippen molar-refractivity contribution in [1.82, 2.24) is 4.90 Å². The van der Waals surface area contributed by atoms with Gasteiger partial charge in [-0.3, -0.25) is 4.79 Å². The number of carbonyl (C=O) groups excluding carboxylic acids is 1. The Hall–Kier alpha value is -1.75. The number of nitrogens with zero attached hydrogens (tertiary/aromatic N) is 2. The van der Waals surface area contributed by atoms with E-state index in [1.54, 1.807) is 0 Å². The fraction of sp³-hybridized carbons (Fsp3) is 0.667. The second kappa shape index (κ2) is 6.76. The van der Waals surface area contributed by atoms with Gasteiger partial charge in [-0.15, -0.1) is 0 Å². The molecule has 3 fully saturated rings. The summed E-state index contributed by atoms with van der Waals surface area (Å²) in [5, 5.41) is 9.76. The van der Waals surface area contributed by atoms with Gasteiger partial charge < -0.3 is 20.6 Å². The Labute approximate surface area is 156 Å². The summed E-state index contributed by atoms with van der Waals surface area (Å²) in [5.74, 6) is 0.357. The van der Waals surface area contributed by atoms with Gasteiger partial charge in [0.05, 0.1) is 11.5 Å². The van der Waals surface area contributed by atoms with E-state index in [4.69, 9.17) is 5.73 Å². The fourth-order valence-corrected chi connectivity index (χ4v) is 5.15. The van der Waals surface area contributed by atoms with Gasteiger partial charge in [-0.05, 0) is 75.6 Å². The van der Waals surface area contributed by atoms with E-state index in [1.807, 2.05) is 13.0 Å². The standard InChI is InChI=1S/C21H31N3O2/c1-15-13-17(5-8-19(15)22)23-11-2-9-21(14-23)10-12-24(20(21)26)16-3-6-18(25)7-4-16/h5,8,13,16,18,25H,2-4,6-7,9-12,14,22H2,1H3/t16?,18?,21-/m1/s1. The first kappa shape index (κ1) is 17.7. The van der Waals surface area contributed by atoms with Crippen molar-refractivity contribution in [2.24, 2.45) is 5.41 Å². The third-order valence-corrected chi connectivity index (χ3v) is 6.85. The second-order valence-electron chi connectivity index (χ2n) is 8.56. The number of carbonyl (C=O) groups is 1. The molecule has 1 aromatic rings. The first-order valence-corrected chi connectivity index (χ1v) is 10.1. The van der Waals surface area contributed by atoms with Crippen LogP contribution in [0.1, 0.15) is 50.5 Å². The van der Waals surface area contributed by atoms with E-state index >= 15 is 0 Å². The molecular weight excluding hydrogens is 326 g/mol. The maximum Gasteiger partial charge on any atom is 0.230 e. The fourth-order valence-electron chi connectivity index (χ4n) is 5.15. The zero-order chi connectivity index (χ0) is 18.3. The van der Waals surface area contributed by atoms with Crippen molar-refractivity contribution >= 4 is 17.3 Å². The molecule has 3 N–H and O–H groups in total. The third kappa shape index (κ3) is 3.07. The number of amides is 1. The molecule has 142 valence electrons. The molecule has 1 aromatic carbocycles. The van der Waals surface area contributed by atoms with Crippen LogP contribution in [0.15, 0.2) is 18.2 Å². The molecule has 2 aliphatic heterocycles. The SMILES string of the molecule is Cc1cc(N2CCC[C@@]3(CCN(C4CCC(O)CC4)C3=O)C2)ccc1N. The van der Waals surface area contributed by atoms with E-state index in [1.165, 1.54) is 5.69 Å². The molecule has 2 saturated heterocycles. The van der Waals surface area contributed by atoms with Gasteiger partial charge in [-0.25, -0.2) is 0 Å². The minimum atomic E-state index is -0.219. The Kier molecular flexibility index (Phi) is 4.59. The summed E-state index contributed by atoms with van der Waals surface area (Å²) in [5.41, 5.74) is 8.86. The molecule has 1 saturated carbocycles. The van der Waals surface area contributed by atoms with Crippen LogP contribution in [-0.2, 0) is 4.79 Å². The highest BCUT2D eigenvalue weighted by Gasteiger charge is 2.50. The molecule has 0 bridgehead atoms. The van der Waals surface area contributed by atoms with Crippen LogP contribution in [0.4, 0.5) is 11.4 Å². The third-order valence-electron chi connectivity index (χ3n) is 6.85. The molecule has 3 aliphatic rings. The Morgan fingerprint density at radius 3 is 2.65 bits per heavy atom. The minimum Gasteiger partial charge on any atom is -0.399 e. The molecule has 5 heteroatoms. The van der Waals surface area contributed by atoms with Crippen LogP contribution >= 0.6 is 0 Å². The highest BCUT2D eigenvalue weighted by atomic mass is 16.3. The zero-order valence-corrected chi connectivity index (χ0v) is 15.8. The van der Waals surface area contributed by atoms with Crippen LogP contribution < -0.4 is 10.6 Å². The Balaban J connectivity index is 1.49. The van der Waals surface area contributed by atoms with Crippen molar-refractivity contribution in [3.63, 3.8) is 0 Å². The van der Waals surface area contributed by atoms with Crippen LogP contribution in [0.2, 0.25) is 0 Å². The lowest BCUT2D eigenvalue weighted by Gasteiger charge is -2.41. The van der Waals surface area contributed by atoms with Crippen LogP contribution in [0.25, 0.3) is 0 Å². The summed E-state index contributed by atoms with van der Waals surface area (Å²) < 4.78 is 0. The van der Waals surface area contributed by atoms with Gasteiger partial charge in [-0.2, -0.15) is 0 Å². The number of nitrogens with two attached hydrogens (primary N) is 1. The maximum absolute atomic E-state index is 13.4. The topological polar surface area (TPSA) is 69.8 Å². The molecule has 0 unspecified atom stereocenters. The van der Waals surface area contributed by atoms with E-state index in [-0.39, 0.29) is 11.5 Å². The molecule has 4 rings (SSSR count). The molecular formula is C21H31N3O2. The highest BCUT2D eigenvalue weighted by molar-refractivity contribution is 5.86. The van der Waals surface area contributed by atoms with Crippen LogP contribution in [-0.4, -0.2) is 47.7 Å². The van der Waals surface area contributed by atoms with E-state index in [0.29, 0.717) is 11.9 Å². The van der Waals surface area contributed by atoms with Gasteiger partial charge in [0.15, 0.2) is 0 Å². The number of piperidine rings is 1. The first-order chi connectivity index (χ1) is 12.5. The van der Waals surface area contributed by atoms with Crippen LogP contribution in [0.3, 0.4) is 0 Å². The second-order valence-corrected chi connectivity index (χ2v) is 8.56. The summed E-state index contributed by atoms with van der Waals surface area (Å²) >= 11 is 0. The van der Waals surface area contributed by atoms with Gasteiger partial charge in [-0.1, -0.05) is 0 Å². The summed E-state index contributed by atoms with van der Waals surface area (Å²) in [6.45, 7) is 4.75. The molecule has 0 aromatic heterocycles. The van der Waals surface area contributed by atoms with E-state index in [2.05, 4.69) is 21.9 Å².